The summed E-state index contributed by atoms with van der Waals surface area (Å²) in [6, 6.07) is 3.83. The van der Waals surface area contributed by atoms with Crippen LogP contribution in [0.5, 0.6) is 0 Å². The van der Waals surface area contributed by atoms with Crippen LogP contribution in [-0.4, -0.2) is 20.6 Å². The van der Waals surface area contributed by atoms with Crippen LogP contribution in [0.3, 0.4) is 0 Å². The normalized spacial score (nSPS) is 12.7. The molecule has 0 amide bonds. The highest BCUT2D eigenvalue weighted by Gasteiger charge is 2.19. The molecule has 122 valence electrons. The van der Waals surface area contributed by atoms with Gasteiger partial charge in [0.1, 0.15) is 17.2 Å². The highest BCUT2D eigenvalue weighted by atomic mass is 35.5. The molecule has 0 aliphatic carbocycles. The maximum absolute atomic E-state index is 6.10. The minimum Gasteiger partial charge on any atom is -0.467 e. The van der Waals surface area contributed by atoms with Crippen LogP contribution in [-0.2, 0) is 20.0 Å². The lowest BCUT2D eigenvalue weighted by molar-refractivity contribution is 0.518. The fourth-order valence-corrected chi connectivity index (χ4v) is 3.01. The predicted octanol–water partition coefficient (Wildman–Crippen LogP) is 3.02. The number of fused-ring (bicyclic) bond motifs is 1. The van der Waals surface area contributed by atoms with Crippen molar-refractivity contribution in [1.29, 1.82) is 0 Å². The van der Waals surface area contributed by atoms with Gasteiger partial charge in [-0.15, -0.1) is 0 Å². The van der Waals surface area contributed by atoms with Gasteiger partial charge in [-0.3, -0.25) is 0 Å². The lowest BCUT2D eigenvalue weighted by Gasteiger charge is -2.07. The first kappa shape index (κ1) is 15.8. The molecule has 0 spiro atoms. The van der Waals surface area contributed by atoms with Crippen molar-refractivity contribution in [1.82, 2.24) is 14.5 Å². The summed E-state index contributed by atoms with van der Waals surface area (Å²) in [7, 11) is 1.98. The van der Waals surface area contributed by atoms with Crippen molar-refractivity contribution in [3.8, 4) is 0 Å². The Morgan fingerprint density at radius 3 is 2.87 bits per heavy atom. The third-order valence-corrected chi connectivity index (χ3v) is 4.09. The Morgan fingerprint density at radius 2 is 2.22 bits per heavy atom. The number of aromatic nitrogens is 3. The van der Waals surface area contributed by atoms with E-state index in [1.807, 2.05) is 30.7 Å². The van der Waals surface area contributed by atoms with Crippen LogP contribution in [0.1, 0.15) is 23.9 Å². The molecular weight excluding hydrogens is 314 g/mol. The lowest BCUT2D eigenvalue weighted by Crippen LogP contribution is -2.20. The van der Waals surface area contributed by atoms with Gasteiger partial charge in [0.2, 0.25) is 5.28 Å². The Morgan fingerprint density at radius 1 is 1.43 bits per heavy atom. The van der Waals surface area contributed by atoms with E-state index in [2.05, 4.69) is 22.2 Å². The standard InChI is InChI=1S/C16H20ClN5O/c1-9(18)7-12-10(2)13-14(19-8-11-5-4-6-23-11)20-16(17)21-15(13)22(12)3/h4-6,9H,7-8,18H2,1-3H3,(H,19,20,21). The largest absolute Gasteiger partial charge is 0.467 e. The maximum atomic E-state index is 6.10. The fraction of sp³-hybridized carbons (Fsp3) is 0.375. The summed E-state index contributed by atoms with van der Waals surface area (Å²) in [4.78, 5) is 8.73. The molecule has 0 aromatic carbocycles. The monoisotopic (exact) mass is 333 g/mol. The number of hydrogen-bond donors (Lipinski definition) is 2. The van der Waals surface area contributed by atoms with E-state index in [0.717, 1.165) is 34.5 Å². The minimum absolute atomic E-state index is 0.0691. The second-order valence-electron chi connectivity index (χ2n) is 5.78. The van der Waals surface area contributed by atoms with Gasteiger partial charge in [-0.05, 0) is 43.1 Å². The first-order valence-electron chi connectivity index (χ1n) is 7.50. The van der Waals surface area contributed by atoms with Crippen molar-refractivity contribution >= 4 is 28.5 Å². The molecule has 0 bridgehead atoms. The van der Waals surface area contributed by atoms with Crippen molar-refractivity contribution in [2.75, 3.05) is 5.32 Å². The van der Waals surface area contributed by atoms with E-state index in [1.165, 1.54) is 0 Å². The SMILES string of the molecule is Cc1c(CC(C)N)n(C)c2nc(Cl)nc(NCc3ccco3)c12. The Balaban J connectivity index is 2.06. The second kappa shape index (κ2) is 6.22. The quantitative estimate of drug-likeness (QED) is 0.701. The Hall–Kier alpha value is -2.05. The van der Waals surface area contributed by atoms with E-state index in [-0.39, 0.29) is 11.3 Å². The molecule has 3 rings (SSSR count). The Labute approximate surface area is 139 Å². The molecule has 1 unspecified atom stereocenters. The molecule has 3 aromatic heterocycles. The summed E-state index contributed by atoms with van der Waals surface area (Å²) < 4.78 is 7.39. The van der Waals surface area contributed by atoms with E-state index in [9.17, 15) is 0 Å². The van der Waals surface area contributed by atoms with Crippen LogP contribution >= 0.6 is 11.6 Å². The van der Waals surface area contributed by atoms with Gasteiger partial charge in [0.25, 0.3) is 0 Å². The lowest BCUT2D eigenvalue weighted by atomic mass is 10.1. The fourth-order valence-electron chi connectivity index (χ4n) is 2.84. The molecule has 0 aliphatic rings. The number of nitrogens with zero attached hydrogens (tertiary/aromatic N) is 3. The Bertz CT molecular complexity index is 823. The average Bonchev–Trinajstić information content (AvgIpc) is 3.08. The number of hydrogen-bond acceptors (Lipinski definition) is 5. The van der Waals surface area contributed by atoms with Gasteiger partial charge in [-0.2, -0.15) is 4.98 Å². The zero-order chi connectivity index (χ0) is 16.6. The van der Waals surface area contributed by atoms with Crippen LogP contribution in [0, 0.1) is 6.92 Å². The van der Waals surface area contributed by atoms with Gasteiger partial charge >= 0.3 is 0 Å². The molecule has 0 saturated heterocycles. The number of furan rings is 1. The molecule has 0 fully saturated rings. The molecule has 0 radical (unpaired) electrons. The first-order chi connectivity index (χ1) is 11.0. The molecule has 3 N–H and O–H groups in total. The van der Waals surface area contributed by atoms with Gasteiger partial charge < -0.3 is 20.0 Å². The van der Waals surface area contributed by atoms with Crippen LogP contribution in [0.15, 0.2) is 22.8 Å². The summed E-state index contributed by atoms with van der Waals surface area (Å²) in [5.74, 6) is 1.54. The highest BCUT2D eigenvalue weighted by molar-refractivity contribution is 6.28. The molecule has 0 saturated carbocycles. The van der Waals surface area contributed by atoms with Crippen molar-refractivity contribution in [3.63, 3.8) is 0 Å². The summed E-state index contributed by atoms with van der Waals surface area (Å²) in [6.45, 7) is 4.59. The van der Waals surface area contributed by atoms with E-state index in [1.54, 1.807) is 6.26 Å². The first-order valence-corrected chi connectivity index (χ1v) is 7.88. The molecule has 1 atom stereocenters. The number of rotatable bonds is 5. The van der Waals surface area contributed by atoms with Gasteiger partial charge in [-0.25, -0.2) is 4.98 Å². The predicted molar refractivity (Wildman–Crippen MR) is 91.6 cm³/mol. The molecule has 3 aromatic rings. The summed E-state index contributed by atoms with van der Waals surface area (Å²) >= 11 is 6.10. The number of halogens is 1. The van der Waals surface area contributed by atoms with Crippen molar-refractivity contribution in [2.24, 2.45) is 12.8 Å². The number of nitrogens with one attached hydrogen (secondary N) is 1. The number of nitrogens with two attached hydrogens (primary N) is 1. The van der Waals surface area contributed by atoms with Crippen molar-refractivity contribution < 1.29 is 4.42 Å². The van der Waals surface area contributed by atoms with Gasteiger partial charge in [0.15, 0.2) is 0 Å². The van der Waals surface area contributed by atoms with Crippen molar-refractivity contribution in [3.05, 3.63) is 40.7 Å². The molecule has 0 aliphatic heterocycles. The van der Waals surface area contributed by atoms with Crippen LogP contribution in [0.25, 0.3) is 11.0 Å². The van der Waals surface area contributed by atoms with Crippen molar-refractivity contribution in [2.45, 2.75) is 32.9 Å². The van der Waals surface area contributed by atoms with Crippen LogP contribution in [0.2, 0.25) is 5.28 Å². The molecular formula is C16H20ClN5O. The smallest absolute Gasteiger partial charge is 0.226 e. The van der Waals surface area contributed by atoms with E-state index in [0.29, 0.717) is 12.4 Å². The third kappa shape index (κ3) is 3.04. The van der Waals surface area contributed by atoms with Gasteiger partial charge in [0, 0.05) is 25.2 Å². The maximum Gasteiger partial charge on any atom is 0.226 e. The molecule has 7 heteroatoms. The average molecular weight is 334 g/mol. The summed E-state index contributed by atoms with van der Waals surface area (Å²) in [5, 5.41) is 4.48. The second-order valence-corrected chi connectivity index (χ2v) is 6.12. The minimum atomic E-state index is 0.0691. The number of aryl methyl sites for hydroxylation is 2. The van der Waals surface area contributed by atoms with Crippen LogP contribution in [0.4, 0.5) is 5.82 Å². The Kier molecular flexibility index (Phi) is 4.28. The van der Waals surface area contributed by atoms with Crippen LogP contribution < -0.4 is 11.1 Å². The third-order valence-electron chi connectivity index (χ3n) is 3.92. The topological polar surface area (TPSA) is 81.9 Å². The van der Waals surface area contributed by atoms with E-state index >= 15 is 0 Å². The molecule has 3 heterocycles. The highest BCUT2D eigenvalue weighted by Crippen LogP contribution is 2.30. The summed E-state index contributed by atoms with van der Waals surface area (Å²) in [6.07, 6.45) is 2.42. The van der Waals surface area contributed by atoms with Gasteiger partial charge in [0.05, 0.1) is 18.2 Å². The molecule has 6 nitrogen and oxygen atoms in total. The summed E-state index contributed by atoms with van der Waals surface area (Å²) in [5.41, 5.74) is 9.05. The zero-order valence-electron chi connectivity index (χ0n) is 13.4. The molecule has 23 heavy (non-hydrogen) atoms. The van der Waals surface area contributed by atoms with E-state index < -0.39 is 0 Å². The number of anilines is 1. The zero-order valence-corrected chi connectivity index (χ0v) is 14.2. The van der Waals surface area contributed by atoms with Gasteiger partial charge in [-0.1, -0.05) is 0 Å². The van der Waals surface area contributed by atoms with E-state index in [4.69, 9.17) is 21.8 Å².